The van der Waals surface area contributed by atoms with Crippen LogP contribution >= 0.6 is 0 Å². The van der Waals surface area contributed by atoms with E-state index in [9.17, 15) is 9.59 Å². The van der Waals surface area contributed by atoms with E-state index < -0.39 is 23.2 Å². The molecule has 1 atom stereocenters. The summed E-state index contributed by atoms with van der Waals surface area (Å²) in [5.41, 5.74) is -0.578. The number of nitrogens with one attached hydrogen (secondary N) is 1. The number of hydrogen-bond donors (Lipinski definition) is 1. The Labute approximate surface area is 111 Å². The molecule has 0 aliphatic heterocycles. The molecule has 0 radical (unpaired) electrons. The van der Waals surface area contributed by atoms with E-state index in [4.69, 9.17) is 9.26 Å². The highest BCUT2D eigenvalue weighted by Crippen LogP contribution is 2.28. The predicted octanol–water partition coefficient (Wildman–Crippen LogP) is 1.54. The molecule has 1 N–H and O–H groups in total. The van der Waals surface area contributed by atoms with Crippen molar-refractivity contribution in [2.45, 2.75) is 34.6 Å². The quantitative estimate of drug-likeness (QED) is 0.658. The van der Waals surface area contributed by atoms with E-state index >= 15 is 0 Å². The Morgan fingerprint density at radius 2 is 2.05 bits per heavy atom. The zero-order chi connectivity index (χ0) is 14.6. The van der Waals surface area contributed by atoms with Gasteiger partial charge in [0.1, 0.15) is 5.92 Å². The molecule has 0 saturated carbocycles. The summed E-state index contributed by atoms with van der Waals surface area (Å²) < 4.78 is 9.72. The van der Waals surface area contributed by atoms with Crippen LogP contribution in [0.2, 0.25) is 0 Å². The van der Waals surface area contributed by atoms with Crippen LogP contribution in [-0.4, -0.2) is 28.6 Å². The first-order valence-electron chi connectivity index (χ1n) is 6.03. The van der Waals surface area contributed by atoms with Gasteiger partial charge in [-0.1, -0.05) is 25.9 Å². The van der Waals surface area contributed by atoms with Crippen LogP contribution < -0.4 is 5.32 Å². The lowest BCUT2D eigenvalue weighted by Gasteiger charge is -2.26. The number of carbonyl (C=O) groups excluding carboxylic acids is 2. The fraction of sp³-hybridized carbons (Fsp3) is 0.667. The Morgan fingerprint density at radius 3 is 2.47 bits per heavy atom. The van der Waals surface area contributed by atoms with E-state index in [1.807, 2.05) is 0 Å². The molecule has 1 amide bonds. The van der Waals surface area contributed by atoms with Gasteiger partial charge in [0.15, 0.2) is 5.82 Å². The Kier molecular flexibility index (Phi) is 4.63. The number of aromatic nitrogens is 2. The Hall–Kier alpha value is -1.92. The van der Waals surface area contributed by atoms with Crippen molar-refractivity contribution >= 4 is 17.9 Å². The topological polar surface area (TPSA) is 94.3 Å². The van der Waals surface area contributed by atoms with Gasteiger partial charge in [0, 0.05) is 0 Å². The normalized spacial score (nSPS) is 12.9. The van der Waals surface area contributed by atoms with Crippen LogP contribution in [-0.2, 0) is 14.3 Å². The van der Waals surface area contributed by atoms with Crippen molar-refractivity contribution in [3.05, 3.63) is 5.82 Å². The highest BCUT2D eigenvalue weighted by molar-refractivity contribution is 6.04. The van der Waals surface area contributed by atoms with Gasteiger partial charge < -0.3 is 9.26 Å². The molecular weight excluding hydrogens is 250 g/mol. The van der Waals surface area contributed by atoms with Crippen LogP contribution in [0.1, 0.15) is 33.5 Å². The van der Waals surface area contributed by atoms with Gasteiger partial charge in [-0.3, -0.25) is 14.9 Å². The van der Waals surface area contributed by atoms with Crippen molar-refractivity contribution in [2.24, 2.45) is 11.3 Å². The van der Waals surface area contributed by atoms with Crippen LogP contribution in [0.25, 0.3) is 0 Å². The lowest BCUT2D eigenvalue weighted by molar-refractivity contribution is -0.155. The zero-order valence-corrected chi connectivity index (χ0v) is 11.8. The van der Waals surface area contributed by atoms with Crippen molar-refractivity contribution < 1.29 is 18.8 Å². The van der Waals surface area contributed by atoms with Gasteiger partial charge in [0.2, 0.25) is 5.91 Å². The Balaban J connectivity index is 2.86. The van der Waals surface area contributed by atoms with Crippen molar-refractivity contribution in [2.75, 3.05) is 11.9 Å². The molecule has 0 aromatic carbocycles. The molecule has 7 nitrogen and oxygen atoms in total. The number of anilines is 1. The van der Waals surface area contributed by atoms with Crippen LogP contribution in [0, 0.1) is 18.3 Å². The third kappa shape index (κ3) is 4.04. The van der Waals surface area contributed by atoms with Gasteiger partial charge in [-0.05, 0) is 19.3 Å². The van der Waals surface area contributed by atoms with Gasteiger partial charge in [0.25, 0.3) is 0 Å². The van der Waals surface area contributed by atoms with Gasteiger partial charge in [-0.2, -0.15) is 4.98 Å². The maximum atomic E-state index is 12.1. The standard InChI is InChI=1S/C12H19N3O4/c1-6-18-10(17)8(12(3,4)5)9(16)14-11-13-7(2)15-19-11/h8H,6H2,1-5H3,(H,13,14,15,16). The molecule has 0 aliphatic rings. The first-order valence-corrected chi connectivity index (χ1v) is 6.03. The first kappa shape index (κ1) is 15.1. The number of esters is 1. The summed E-state index contributed by atoms with van der Waals surface area (Å²) in [6.07, 6.45) is 0. The number of rotatable bonds is 4. The van der Waals surface area contributed by atoms with E-state index in [-0.39, 0.29) is 12.6 Å². The SMILES string of the molecule is CCOC(=O)C(C(=O)Nc1nc(C)no1)C(C)(C)C. The second-order valence-corrected chi connectivity index (χ2v) is 5.19. The number of carbonyl (C=O) groups is 2. The lowest BCUT2D eigenvalue weighted by atomic mass is 9.80. The number of amides is 1. The van der Waals surface area contributed by atoms with Crippen LogP contribution in [0.4, 0.5) is 6.01 Å². The van der Waals surface area contributed by atoms with Gasteiger partial charge in [-0.15, -0.1) is 0 Å². The monoisotopic (exact) mass is 269 g/mol. The van der Waals surface area contributed by atoms with Crippen molar-refractivity contribution in [1.82, 2.24) is 10.1 Å². The summed E-state index contributed by atoms with van der Waals surface area (Å²) in [5, 5.41) is 5.98. The minimum Gasteiger partial charge on any atom is -0.465 e. The summed E-state index contributed by atoms with van der Waals surface area (Å²) >= 11 is 0. The van der Waals surface area contributed by atoms with Crippen molar-refractivity contribution in [3.8, 4) is 0 Å². The smallest absolute Gasteiger partial charge is 0.328 e. The van der Waals surface area contributed by atoms with E-state index in [1.165, 1.54) is 0 Å². The van der Waals surface area contributed by atoms with E-state index in [1.54, 1.807) is 34.6 Å². The number of nitrogens with zero attached hydrogens (tertiary/aromatic N) is 2. The van der Waals surface area contributed by atoms with E-state index in [2.05, 4.69) is 15.5 Å². The molecular formula is C12H19N3O4. The fourth-order valence-electron chi connectivity index (χ4n) is 1.60. The first-order chi connectivity index (χ1) is 8.75. The molecule has 106 valence electrons. The highest BCUT2D eigenvalue weighted by Gasteiger charge is 2.39. The molecule has 0 saturated heterocycles. The van der Waals surface area contributed by atoms with Crippen LogP contribution in [0.5, 0.6) is 0 Å². The summed E-state index contributed by atoms with van der Waals surface area (Å²) in [7, 11) is 0. The van der Waals surface area contributed by atoms with E-state index in [0.717, 1.165) is 0 Å². The van der Waals surface area contributed by atoms with Crippen molar-refractivity contribution in [3.63, 3.8) is 0 Å². The number of ether oxygens (including phenoxy) is 1. The third-order valence-electron chi connectivity index (χ3n) is 2.41. The lowest BCUT2D eigenvalue weighted by Crippen LogP contribution is -2.40. The Morgan fingerprint density at radius 1 is 1.42 bits per heavy atom. The molecule has 19 heavy (non-hydrogen) atoms. The minimum atomic E-state index is -0.945. The zero-order valence-electron chi connectivity index (χ0n) is 11.8. The molecule has 7 heteroatoms. The Bertz CT molecular complexity index is 462. The number of hydrogen-bond acceptors (Lipinski definition) is 6. The van der Waals surface area contributed by atoms with Crippen LogP contribution in [0.3, 0.4) is 0 Å². The molecule has 1 rings (SSSR count). The summed E-state index contributed by atoms with van der Waals surface area (Å²) in [5.74, 6) is -1.63. The van der Waals surface area contributed by atoms with Crippen LogP contribution in [0.15, 0.2) is 4.52 Å². The van der Waals surface area contributed by atoms with Crippen molar-refractivity contribution in [1.29, 1.82) is 0 Å². The molecule has 0 bridgehead atoms. The molecule has 0 spiro atoms. The molecule has 1 aromatic heterocycles. The summed E-state index contributed by atoms with van der Waals surface area (Å²) in [6, 6.07) is -0.0268. The average Bonchev–Trinajstić information content (AvgIpc) is 2.61. The fourth-order valence-corrected chi connectivity index (χ4v) is 1.60. The summed E-state index contributed by atoms with van der Waals surface area (Å²) in [4.78, 5) is 27.9. The van der Waals surface area contributed by atoms with E-state index in [0.29, 0.717) is 5.82 Å². The largest absolute Gasteiger partial charge is 0.465 e. The maximum Gasteiger partial charge on any atom is 0.328 e. The summed E-state index contributed by atoms with van der Waals surface area (Å²) in [6.45, 7) is 8.90. The number of aryl methyl sites for hydroxylation is 1. The van der Waals surface area contributed by atoms with Gasteiger partial charge in [0.05, 0.1) is 6.61 Å². The second-order valence-electron chi connectivity index (χ2n) is 5.19. The maximum absolute atomic E-state index is 12.1. The third-order valence-corrected chi connectivity index (χ3v) is 2.41. The van der Waals surface area contributed by atoms with Gasteiger partial charge in [-0.25, -0.2) is 0 Å². The molecule has 1 unspecified atom stereocenters. The minimum absolute atomic E-state index is 0.0268. The second kappa shape index (κ2) is 5.81. The molecule has 0 fully saturated rings. The van der Waals surface area contributed by atoms with Gasteiger partial charge >= 0.3 is 12.0 Å². The molecule has 1 heterocycles. The predicted molar refractivity (Wildman–Crippen MR) is 67.2 cm³/mol. The molecule has 0 aliphatic carbocycles. The molecule has 1 aromatic rings. The average molecular weight is 269 g/mol. The highest BCUT2D eigenvalue weighted by atomic mass is 16.5.